The summed E-state index contributed by atoms with van der Waals surface area (Å²) < 4.78 is 1.51. The fraction of sp³-hybridized carbons (Fsp3) is 0.300. The van der Waals surface area contributed by atoms with E-state index in [2.05, 4.69) is 28.9 Å². The van der Waals surface area contributed by atoms with Gasteiger partial charge in [0.25, 0.3) is 5.56 Å². The number of nitrogens with zero attached hydrogens (tertiary/aromatic N) is 4. The third-order valence-electron chi connectivity index (χ3n) is 5.13. The Kier molecular flexibility index (Phi) is 4.12. The first-order chi connectivity index (χ1) is 12.5. The predicted molar refractivity (Wildman–Crippen MR) is 103 cm³/mol. The van der Waals surface area contributed by atoms with E-state index in [1.807, 2.05) is 24.3 Å². The van der Waals surface area contributed by atoms with E-state index in [1.165, 1.54) is 23.0 Å². The van der Waals surface area contributed by atoms with Gasteiger partial charge in [0.2, 0.25) is 0 Å². The lowest BCUT2D eigenvalue weighted by molar-refractivity contribution is 0.315. The Morgan fingerprint density at radius 2 is 1.85 bits per heavy atom. The number of phenolic OH excluding ortho intramolecular Hbond substituents is 1. The van der Waals surface area contributed by atoms with E-state index in [9.17, 15) is 9.90 Å². The Balaban J connectivity index is 1.64. The average molecular weight is 350 g/mol. The summed E-state index contributed by atoms with van der Waals surface area (Å²) in [5, 5.41) is 10.1. The highest BCUT2D eigenvalue weighted by atomic mass is 16.3. The van der Waals surface area contributed by atoms with Crippen LogP contribution >= 0.6 is 0 Å². The maximum atomic E-state index is 12.7. The van der Waals surface area contributed by atoms with Crippen molar-refractivity contribution in [3.05, 3.63) is 59.1 Å². The number of aromatic hydroxyl groups is 1. The molecule has 134 valence electrons. The number of anilines is 1. The topological polar surface area (TPSA) is 61.6 Å². The monoisotopic (exact) mass is 350 g/mol. The molecule has 2 heterocycles. The molecule has 0 bridgehead atoms. The molecule has 3 aromatic rings. The maximum absolute atomic E-state index is 12.7. The largest absolute Gasteiger partial charge is 0.508 e. The van der Waals surface area contributed by atoms with Crippen LogP contribution in [0.4, 0.5) is 5.69 Å². The third-order valence-corrected chi connectivity index (χ3v) is 5.13. The van der Waals surface area contributed by atoms with Crippen LogP contribution in [0.25, 0.3) is 16.6 Å². The van der Waals surface area contributed by atoms with Crippen LogP contribution in [0.15, 0.2) is 53.6 Å². The molecule has 1 atom stereocenters. The number of fused-ring (bicyclic) bond motifs is 1. The zero-order chi connectivity index (χ0) is 18.3. The molecule has 6 nitrogen and oxygen atoms in total. The smallest absolute Gasteiger partial charge is 0.265 e. The van der Waals surface area contributed by atoms with E-state index >= 15 is 0 Å². The molecule has 0 spiro atoms. The van der Waals surface area contributed by atoms with E-state index in [0.717, 1.165) is 30.9 Å². The van der Waals surface area contributed by atoms with Crippen molar-refractivity contribution >= 4 is 16.6 Å². The molecular formula is C20H22N4O2. The van der Waals surface area contributed by atoms with Crippen molar-refractivity contribution in [3.63, 3.8) is 0 Å². The van der Waals surface area contributed by atoms with Crippen molar-refractivity contribution < 1.29 is 5.11 Å². The Hall–Kier alpha value is -2.86. The Morgan fingerprint density at radius 1 is 1.12 bits per heavy atom. The lowest BCUT2D eigenvalue weighted by atomic mass is 10.2. The Bertz CT molecular complexity index is 995. The molecule has 0 amide bonds. The van der Waals surface area contributed by atoms with E-state index < -0.39 is 0 Å². The van der Waals surface area contributed by atoms with Crippen LogP contribution in [0.5, 0.6) is 5.75 Å². The van der Waals surface area contributed by atoms with Crippen LogP contribution in [0.3, 0.4) is 0 Å². The number of rotatable bonds is 3. The molecule has 0 radical (unpaired) electrons. The van der Waals surface area contributed by atoms with E-state index in [-0.39, 0.29) is 11.3 Å². The minimum absolute atomic E-state index is 0.0639. The van der Waals surface area contributed by atoms with Crippen molar-refractivity contribution in [1.29, 1.82) is 0 Å². The number of hydrogen-bond donors (Lipinski definition) is 1. The van der Waals surface area contributed by atoms with E-state index in [1.54, 1.807) is 6.07 Å². The van der Waals surface area contributed by atoms with Gasteiger partial charge in [-0.3, -0.25) is 9.36 Å². The van der Waals surface area contributed by atoms with Gasteiger partial charge in [0.05, 0.1) is 16.6 Å². The molecule has 1 aromatic heterocycles. The molecule has 1 aliphatic heterocycles. The lowest BCUT2D eigenvalue weighted by Gasteiger charge is -2.22. The number of likely N-dealkylation sites (N-methyl/N-ethyl adjacent to an activating group) is 1. The van der Waals surface area contributed by atoms with Gasteiger partial charge in [0.15, 0.2) is 0 Å². The van der Waals surface area contributed by atoms with Gasteiger partial charge in [-0.2, -0.15) is 0 Å². The minimum Gasteiger partial charge on any atom is -0.508 e. The minimum atomic E-state index is -0.188. The zero-order valence-corrected chi connectivity index (χ0v) is 15.0. The second kappa shape index (κ2) is 6.46. The molecule has 1 saturated heterocycles. The summed E-state index contributed by atoms with van der Waals surface area (Å²) >= 11 is 0. The van der Waals surface area contributed by atoms with Gasteiger partial charge < -0.3 is 14.9 Å². The van der Waals surface area contributed by atoms with Gasteiger partial charge in [0, 0.05) is 24.8 Å². The van der Waals surface area contributed by atoms with Crippen molar-refractivity contribution in [3.8, 4) is 11.4 Å². The van der Waals surface area contributed by atoms with Gasteiger partial charge in [-0.15, -0.1) is 0 Å². The van der Waals surface area contributed by atoms with Gasteiger partial charge in [-0.05, 0) is 63.0 Å². The molecule has 6 heteroatoms. The average Bonchev–Trinajstić information content (AvgIpc) is 3.13. The molecule has 2 aromatic carbocycles. The van der Waals surface area contributed by atoms with Crippen molar-refractivity contribution in [1.82, 2.24) is 14.5 Å². The molecule has 0 saturated carbocycles. The second-order valence-corrected chi connectivity index (χ2v) is 6.99. The first kappa shape index (κ1) is 16.6. The standard InChI is InChI=1S/C20H22N4O2/c1-22(2)16-9-10-23(12-16)14-3-5-15(6-4-14)24-13-21-19-8-7-17(25)11-18(19)20(24)26/h3-8,11,13,16,25H,9-10,12H2,1-2H3. The molecule has 1 unspecified atom stereocenters. The third kappa shape index (κ3) is 2.93. The highest BCUT2D eigenvalue weighted by Crippen LogP contribution is 2.23. The fourth-order valence-corrected chi connectivity index (χ4v) is 3.52. The maximum Gasteiger partial charge on any atom is 0.265 e. The summed E-state index contributed by atoms with van der Waals surface area (Å²) in [6, 6.07) is 13.2. The first-order valence-corrected chi connectivity index (χ1v) is 8.75. The van der Waals surface area contributed by atoms with Gasteiger partial charge in [-0.25, -0.2) is 4.98 Å². The van der Waals surface area contributed by atoms with Crippen LogP contribution < -0.4 is 10.5 Å². The Morgan fingerprint density at radius 3 is 2.54 bits per heavy atom. The second-order valence-electron chi connectivity index (χ2n) is 6.99. The number of aromatic nitrogens is 2. The van der Waals surface area contributed by atoms with Gasteiger partial charge >= 0.3 is 0 Å². The molecular weight excluding hydrogens is 328 g/mol. The van der Waals surface area contributed by atoms with Gasteiger partial charge in [-0.1, -0.05) is 0 Å². The molecule has 0 aliphatic carbocycles. The molecule has 1 N–H and O–H groups in total. The fourth-order valence-electron chi connectivity index (χ4n) is 3.52. The van der Waals surface area contributed by atoms with Crippen molar-refractivity contribution in [2.75, 3.05) is 32.1 Å². The molecule has 1 fully saturated rings. The number of phenols is 1. The number of benzene rings is 2. The summed E-state index contributed by atoms with van der Waals surface area (Å²) in [4.78, 5) is 21.7. The quantitative estimate of drug-likeness (QED) is 0.785. The summed E-state index contributed by atoms with van der Waals surface area (Å²) in [6.45, 7) is 2.06. The van der Waals surface area contributed by atoms with Crippen LogP contribution in [-0.2, 0) is 0 Å². The highest BCUT2D eigenvalue weighted by molar-refractivity contribution is 5.79. The van der Waals surface area contributed by atoms with Crippen LogP contribution in [-0.4, -0.2) is 52.8 Å². The zero-order valence-electron chi connectivity index (χ0n) is 15.0. The SMILES string of the molecule is CN(C)C1CCN(c2ccc(-n3cnc4ccc(O)cc4c3=O)cc2)C1. The first-order valence-electron chi connectivity index (χ1n) is 8.75. The van der Waals surface area contributed by atoms with Crippen molar-refractivity contribution in [2.45, 2.75) is 12.5 Å². The van der Waals surface area contributed by atoms with Crippen LogP contribution in [0.1, 0.15) is 6.42 Å². The molecule has 26 heavy (non-hydrogen) atoms. The molecule has 1 aliphatic rings. The van der Waals surface area contributed by atoms with Crippen LogP contribution in [0.2, 0.25) is 0 Å². The molecule has 4 rings (SSSR count). The summed E-state index contributed by atoms with van der Waals surface area (Å²) in [6.07, 6.45) is 2.70. The van der Waals surface area contributed by atoms with Gasteiger partial charge in [0.1, 0.15) is 12.1 Å². The van der Waals surface area contributed by atoms with Crippen LogP contribution in [0, 0.1) is 0 Å². The summed E-state index contributed by atoms with van der Waals surface area (Å²) in [5.74, 6) is 0.0639. The van der Waals surface area contributed by atoms with Crippen molar-refractivity contribution in [2.24, 2.45) is 0 Å². The predicted octanol–water partition coefficient (Wildman–Crippen LogP) is 2.23. The Labute approximate surface area is 151 Å². The lowest BCUT2D eigenvalue weighted by Crippen LogP contribution is -2.31. The summed E-state index contributed by atoms with van der Waals surface area (Å²) in [5.41, 5.74) is 2.32. The van der Waals surface area contributed by atoms with E-state index in [4.69, 9.17) is 0 Å². The normalized spacial score (nSPS) is 17.3. The number of hydrogen-bond acceptors (Lipinski definition) is 5. The van der Waals surface area contributed by atoms with E-state index in [0.29, 0.717) is 16.9 Å². The summed E-state index contributed by atoms with van der Waals surface area (Å²) in [7, 11) is 4.24. The highest BCUT2D eigenvalue weighted by Gasteiger charge is 2.24.